The van der Waals surface area contributed by atoms with Gasteiger partial charge in [0.1, 0.15) is 36.7 Å². The van der Waals surface area contributed by atoms with Crippen molar-refractivity contribution in [2.75, 3.05) is 13.7 Å². The first-order chi connectivity index (χ1) is 13.0. The standard InChI is InChI=1S/C20H21Br2NO4/c1-14(2)26-16-4-6-17(7-5-16)27-18-8-9-19(25-11-10-20(21)22)15(12-18)13-23-24-3/h4-10,12-14H,11H2,1-3H3. The van der Waals surface area contributed by atoms with Gasteiger partial charge in [-0.15, -0.1) is 0 Å². The van der Waals surface area contributed by atoms with Crippen LogP contribution in [0.1, 0.15) is 19.4 Å². The molecule has 0 N–H and O–H groups in total. The predicted octanol–water partition coefficient (Wildman–Crippen LogP) is 6.26. The molecule has 144 valence electrons. The van der Waals surface area contributed by atoms with Gasteiger partial charge in [0, 0.05) is 5.56 Å². The van der Waals surface area contributed by atoms with E-state index in [4.69, 9.17) is 19.0 Å². The topological polar surface area (TPSA) is 49.3 Å². The van der Waals surface area contributed by atoms with E-state index in [2.05, 4.69) is 37.0 Å². The molecule has 0 aliphatic rings. The van der Waals surface area contributed by atoms with Crippen LogP contribution in [0.3, 0.4) is 0 Å². The van der Waals surface area contributed by atoms with Gasteiger partial charge in [-0.1, -0.05) is 5.16 Å². The molecule has 0 amide bonds. The number of halogens is 2. The molecular weight excluding hydrogens is 478 g/mol. The predicted molar refractivity (Wildman–Crippen MR) is 115 cm³/mol. The maximum Gasteiger partial charge on any atom is 0.128 e. The SMILES string of the molecule is CON=Cc1cc(Oc2ccc(OC(C)C)cc2)ccc1OCC=C(Br)Br. The molecule has 0 unspecified atom stereocenters. The summed E-state index contributed by atoms with van der Waals surface area (Å²) in [6.45, 7) is 4.38. The van der Waals surface area contributed by atoms with E-state index in [9.17, 15) is 0 Å². The summed E-state index contributed by atoms with van der Waals surface area (Å²) in [6, 6.07) is 13.0. The van der Waals surface area contributed by atoms with Crippen molar-refractivity contribution in [1.29, 1.82) is 0 Å². The van der Waals surface area contributed by atoms with E-state index in [0.717, 1.165) is 14.7 Å². The van der Waals surface area contributed by atoms with Crippen LogP contribution in [0.2, 0.25) is 0 Å². The largest absolute Gasteiger partial charge is 0.491 e. The molecule has 27 heavy (non-hydrogen) atoms. The van der Waals surface area contributed by atoms with Crippen LogP contribution in [-0.4, -0.2) is 26.0 Å². The second-order valence-electron chi connectivity index (χ2n) is 5.66. The number of hydrogen-bond donors (Lipinski definition) is 0. The van der Waals surface area contributed by atoms with E-state index >= 15 is 0 Å². The summed E-state index contributed by atoms with van der Waals surface area (Å²) in [7, 11) is 1.49. The molecule has 0 heterocycles. The van der Waals surface area contributed by atoms with Crippen LogP contribution in [-0.2, 0) is 4.84 Å². The third-order valence-electron chi connectivity index (χ3n) is 3.19. The van der Waals surface area contributed by atoms with Gasteiger partial charge >= 0.3 is 0 Å². The van der Waals surface area contributed by atoms with Crippen LogP contribution in [0.15, 0.2) is 57.1 Å². The molecule has 0 radical (unpaired) electrons. The van der Waals surface area contributed by atoms with Crippen molar-refractivity contribution in [3.63, 3.8) is 0 Å². The van der Waals surface area contributed by atoms with E-state index < -0.39 is 0 Å². The molecule has 0 aliphatic carbocycles. The summed E-state index contributed by atoms with van der Waals surface area (Å²) in [4.78, 5) is 4.78. The van der Waals surface area contributed by atoms with Crippen molar-refractivity contribution in [1.82, 2.24) is 0 Å². The average Bonchev–Trinajstić information content (AvgIpc) is 2.62. The minimum Gasteiger partial charge on any atom is -0.491 e. The normalized spacial score (nSPS) is 10.7. The number of rotatable bonds is 9. The number of benzene rings is 2. The van der Waals surface area contributed by atoms with Crippen molar-refractivity contribution in [2.24, 2.45) is 5.16 Å². The Kier molecular flexibility index (Phi) is 8.67. The number of ether oxygens (including phenoxy) is 3. The van der Waals surface area contributed by atoms with E-state index in [0.29, 0.717) is 23.9 Å². The summed E-state index contributed by atoms with van der Waals surface area (Å²) in [5.74, 6) is 2.84. The summed E-state index contributed by atoms with van der Waals surface area (Å²) >= 11 is 6.60. The highest BCUT2D eigenvalue weighted by atomic mass is 79.9. The summed E-state index contributed by atoms with van der Waals surface area (Å²) < 4.78 is 18.1. The highest BCUT2D eigenvalue weighted by molar-refractivity contribution is 9.28. The van der Waals surface area contributed by atoms with Gasteiger partial charge in [-0.2, -0.15) is 0 Å². The Bertz CT molecular complexity index is 785. The van der Waals surface area contributed by atoms with Crippen molar-refractivity contribution in [3.05, 3.63) is 57.5 Å². The second kappa shape index (κ2) is 11.0. The molecule has 0 bridgehead atoms. The lowest BCUT2D eigenvalue weighted by Gasteiger charge is -2.12. The Morgan fingerprint density at radius 1 is 1.04 bits per heavy atom. The van der Waals surface area contributed by atoms with Crippen molar-refractivity contribution < 1.29 is 19.0 Å². The first-order valence-corrected chi connectivity index (χ1v) is 9.85. The van der Waals surface area contributed by atoms with Gasteiger partial charge < -0.3 is 19.0 Å². The fraction of sp³-hybridized carbons (Fsp3) is 0.250. The van der Waals surface area contributed by atoms with Crippen LogP contribution < -0.4 is 14.2 Å². The molecule has 0 aromatic heterocycles. The summed E-state index contributed by atoms with van der Waals surface area (Å²) in [5.41, 5.74) is 0.744. The van der Waals surface area contributed by atoms with Crippen molar-refractivity contribution in [3.8, 4) is 23.0 Å². The lowest BCUT2D eigenvalue weighted by molar-refractivity contribution is 0.215. The van der Waals surface area contributed by atoms with E-state index in [1.807, 2.05) is 62.4 Å². The minimum absolute atomic E-state index is 0.131. The smallest absolute Gasteiger partial charge is 0.128 e. The maximum atomic E-state index is 5.92. The van der Waals surface area contributed by atoms with Crippen LogP contribution in [0.25, 0.3) is 0 Å². The molecule has 2 aromatic rings. The molecule has 0 saturated carbocycles. The van der Waals surface area contributed by atoms with Crippen LogP contribution >= 0.6 is 31.9 Å². The molecule has 0 fully saturated rings. The van der Waals surface area contributed by atoms with Gasteiger partial charge in [0.15, 0.2) is 0 Å². The van der Waals surface area contributed by atoms with E-state index in [1.54, 1.807) is 6.21 Å². The third kappa shape index (κ3) is 7.64. The minimum atomic E-state index is 0.131. The quantitative estimate of drug-likeness (QED) is 0.302. The van der Waals surface area contributed by atoms with E-state index in [1.165, 1.54) is 7.11 Å². The fourth-order valence-corrected chi connectivity index (χ4v) is 2.39. The zero-order chi connectivity index (χ0) is 19.6. The first-order valence-electron chi connectivity index (χ1n) is 8.27. The van der Waals surface area contributed by atoms with Gasteiger partial charge in [0.2, 0.25) is 0 Å². The van der Waals surface area contributed by atoms with Crippen LogP contribution in [0, 0.1) is 0 Å². The molecule has 0 aliphatic heterocycles. The van der Waals surface area contributed by atoms with Gasteiger partial charge in [-0.25, -0.2) is 0 Å². The molecule has 2 aromatic carbocycles. The van der Waals surface area contributed by atoms with Gasteiger partial charge in [0.25, 0.3) is 0 Å². The van der Waals surface area contributed by atoms with Gasteiger partial charge in [-0.3, -0.25) is 0 Å². The molecule has 5 nitrogen and oxygen atoms in total. The molecule has 0 spiro atoms. The molecule has 2 rings (SSSR count). The first kappa shape index (κ1) is 21.3. The van der Waals surface area contributed by atoms with Gasteiger partial charge in [0.05, 0.1) is 15.7 Å². The zero-order valence-corrected chi connectivity index (χ0v) is 18.5. The summed E-state index contributed by atoms with van der Waals surface area (Å²) in [5, 5.41) is 3.82. The Labute approximate surface area is 176 Å². The molecule has 0 saturated heterocycles. The zero-order valence-electron chi connectivity index (χ0n) is 15.3. The average molecular weight is 499 g/mol. The Morgan fingerprint density at radius 2 is 1.70 bits per heavy atom. The van der Waals surface area contributed by atoms with Crippen molar-refractivity contribution >= 4 is 38.1 Å². The Morgan fingerprint density at radius 3 is 2.33 bits per heavy atom. The summed E-state index contributed by atoms with van der Waals surface area (Å²) in [6.07, 6.45) is 3.56. The fourth-order valence-electron chi connectivity index (χ4n) is 2.12. The molecule has 7 heteroatoms. The molecule has 0 atom stereocenters. The highest BCUT2D eigenvalue weighted by Crippen LogP contribution is 2.28. The Hall–Kier alpha value is -1.99. The maximum absolute atomic E-state index is 5.92. The molecular formula is C20H21Br2NO4. The number of hydrogen-bond acceptors (Lipinski definition) is 5. The van der Waals surface area contributed by atoms with Crippen LogP contribution in [0.5, 0.6) is 23.0 Å². The van der Waals surface area contributed by atoms with E-state index in [-0.39, 0.29) is 6.10 Å². The van der Waals surface area contributed by atoms with Gasteiger partial charge in [-0.05, 0) is 94.2 Å². The monoisotopic (exact) mass is 497 g/mol. The third-order valence-corrected chi connectivity index (χ3v) is 3.83. The Balaban J connectivity index is 2.14. The number of oxime groups is 1. The lowest BCUT2D eigenvalue weighted by Crippen LogP contribution is -2.05. The second-order valence-corrected chi connectivity index (χ2v) is 8.43. The van der Waals surface area contributed by atoms with Crippen molar-refractivity contribution in [2.45, 2.75) is 20.0 Å². The van der Waals surface area contributed by atoms with Crippen LogP contribution in [0.4, 0.5) is 0 Å². The highest BCUT2D eigenvalue weighted by Gasteiger charge is 2.06. The number of nitrogens with zero attached hydrogens (tertiary/aromatic N) is 1. The lowest BCUT2D eigenvalue weighted by atomic mass is 10.2.